The van der Waals surface area contributed by atoms with Crippen LogP contribution in [0.25, 0.3) is 0 Å². The molecule has 9 atom stereocenters. The van der Waals surface area contributed by atoms with Crippen LogP contribution in [-0.4, -0.2) is 174 Å². The largest absolute Gasteiger partial charge is 0.480 e. The summed E-state index contributed by atoms with van der Waals surface area (Å²) >= 11 is 1.36. The Balaban J connectivity index is 2.91. The van der Waals surface area contributed by atoms with E-state index < -0.39 is 121 Å². The minimum absolute atomic E-state index is 0.0679. The van der Waals surface area contributed by atoms with Gasteiger partial charge in [0.1, 0.15) is 42.3 Å². The topological polar surface area (TPSA) is 378 Å². The van der Waals surface area contributed by atoms with Gasteiger partial charge in [-0.1, -0.05) is 20.3 Å². The highest BCUT2D eigenvalue weighted by Gasteiger charge is 2.34. The number of aliphatic carboxylic acids is 1. The summed E-state index contributed by atoms with van der Waals surface area (Å²) in [5.74, 6) is -8.48. The Kier molecular flexibility index (Phi) is 26.7. The van der Waals surface area contributed by atoms with Crippen LogP contribution in [0.4, 0.5) is 0 Å². The lowest BCUT2D eigenvalue weighted by Gasteiger charge is -2.29. The smallest absolute Gasteiger partial charge is 0.328 e. The van der Waals surface area contributed by atoms with Gasteiger partial charge in [-0.2, -0.15) is 11.8 Å². The van der Waals surface area contributed by atoms with E-state index in [4.69, 9.17) is 5.73 Å². The molecule has 0 spiro atoms. The molecule has 15 N–H and O–H groups in total. The highest BCUT2D eigenvalue weighted by atomic mass is 32.2. The van der Waals surface area contributed by atoms with Gasteiger partial charge in [0.25, 0.3) is 0 Å². The van der Waals surface area contributed by atoms with Gasteiger partial charge in [0, 0.05) is 0 Å². The van der Waals surface area contributed by atoms with Crippen molar-refractivity contribution in [1.82, 2.24) is 53.2 Å². The molecule has 0 aromatic heterocycles. The van der Waals surface area contributed by atoms with Gasteiger partial charge in [-0.25, -0.2) is 4.79 Å². The molecule has 24 nitrogen and oxygen atoms in total. The predicted molar refractivity (Wildman–Crippen MR) is 229 cm³/mol. The van der Waals surface area contributed by atoms with Crippen LogP contribution in [0.15, 0.2) is 0 Å². The molecule has 1 saturated heterocycles. The maximum absolute atomic E-state index is 13.8. The second-order valence-electron chi connectivity index (χ2n) is 15.0. The van der Waals surface area contributed by atoms with E-state index >= 15 is 0 Å². The highest BCUT2D eigenvalue weighted by molar-refractivity contribution is 7.98. The van der Waals surface area contributed by atoms with E-state index in [9.17, 15) is 63.3 Å². The number of nitrogens with two attached hydrogens (primary N) is 1. The lowest BCUT2D eigenvalue weighted by Crippen LogP contribution is -2.61. The average molecular weight is 918 g/mol. The van der Waals surface area contributed by atoms with E-state index in [1.165, 1.54) is 25.6 Å². The zero-order valence-electron chi connectivity index (χ0n) is 36.5. The molecule has 1 fully saturated rings. The van der Waals surface area contributed by atoms with Gasteiger partial charge in [0.2, 0.25) is 53.2 Å². The third-order valence-corrected chi connectivity index (χ3v) is 10.6. The molecule has 9 amide bonds. The lowest BCUT2D eigenvalue weighted by atomic mass is 9.97. The molecule has 1 rings (SSSR count). The van der Waals surface area contributed by atoms with E-state index in [0.29, 0.717) is 38.0 Å². The fraction of sp³-hybridized carbons (Fsp3) is 0.737. The molecule has 1 heterocycles. The third-order valence-electron chi connectivity index (χ3n) is 10.00. The van der Waals surface area contributed by atoms with E-state index in [1.54, 1.807) is 20.1 Å². The van der Waals surface area contributed by atoms with Crippen LogP contribution in [-0.2, 0) is 47.9 Å². The number of hydrogen-bond acceptors (Lipinski definition) is 15. The van der Waals surface area contributed by atoms with Crippen LogP contribution >= 0.6 is 11.8 Å². The number of carboxylic acid groups (broad SMARTS) is 1. The second-order valence-corrected chi connectivity index (χ2v) is 16.0. The number of carbonyl (C=O) groups excluding carboxylic acids is 9. The minimum Gasteiger partial charge on any atom is -0.480 e. The summed E-state index contributed by atoms with van der Waals surface area (Å²) in [6.45, 7) is 4.29. The Morgan fingerprint density at radius 3 is 1.76 bits per heavy atom. The van der Waals surface area contributed by atoms with Crippen LogP contribution in [0.2, 0.25) is 0 Å². The Morgan fingerprint density at radius 1 is 0.667 bits per heavy atom. The molecule has 0 unspecified atom stereocenters. The Bertz CT molecular complexity index is 1570. The van der Waals surface area contributed by atoms with Crippen molar-refractivity contribution in [3.8, 4) is 0 Å². The number of aliphatic hydroxyl groups excluding tert-OH is 2. The van der Waals surface area contributed by atoms with Gasteiger partial charge in [-0.15, -0.1) is 0 Å². The first-order valence-electron chi connectivity index (χ1n) is 20.9. The van der Waals surface area contributed by atoms with Crippen molar-refractivity contribution in [3.63, 3.8) is 0 Å². The monoisotopic (exact) mass is 917 g/mol. The van der Waals surface area contributed by atoms with E-state index in [2.05, 4.69) is 53.2 Å². The fourth-order valence-electron chi connectivity index (χ4n) is 5.91. The summed E-state index contributed by atoms with van der Waals surface area (Å²) in [7, 11) is 0. The number of amides is 9. The molecule has 0 radical (unpaired) electrons. The van der Waals surface area contributed by atoms with Gasteiger partial charge in [-0.3, -0.25) is 43.2 Å². The van der Waals surface area contributed by atoms with Gasteiger partial charge in [-0.05, 0) is 83.4 Å². The van der Waals surface area contributed by atoms with Crippen LogP contribution in [0.1, 0.15) is 72.6 Å². The quantitative estimate of drug-likeness (QED) is 0.0299. The minimum atomic E-state index is -1.62. The molecule has 358 valence electrons. The molecule has 25 heteroatoms. The molecule has 0 aliphatic carbocycles. The van der Waals surface area contributed by atoms with Crippen molar-refractivity contribution in [2.24, 2.45) is 11.7 Å². The van der Waals surface area contributed by atoms with E-state index in [1.807, 2.05) is 0 Å². The average Bonchev–Trinajstić information content (AvgIpc) is 3.80. The van der Waals surface area contributed by atoms with Crippen LogP contribution in [0, 0.1) is 5.92 Å². The molecule has 0 saturated carbocycles. The Hall–Kier alpha value is -5.11. The number of rotatable bonds is 30. The molecule has 0 aromatic carbocycles. The van der Waals surface area contributed by atoms with Gasteiger partial charge >= 0.3 is 5.97 Å². The third kappa shape index (κ3) is 20.7. The normalized spacial score (nSPS) is 17.1. The zero-order chi connectivity index (χ0) is 47.6. The van der Waals surface area contributed by atoms with Crippen LogP contribution in [0.5, 0.6) is 0 Å². The van der Waals surface area contributed by atoms with Gasteiger partial charge in [0.05, 0.1) is 32.3 Å². The van der Waals surface area contributed by atoms with Crippen molar-refractivity contribution in [1.29, 1.82) is 0 Å². The Labute approximate surface area is 370 Å². The fourth-order valence-corrected chi connectivity index (χ4v) is 6.38. The second kappa shape index (κ2) is 30.1. The summed E-state index contributed by atoms with van der Waals surface area (Å²) in [6, 6.07) is -9.85. The van der Waals surface area contributed by atoms with E-state index in [0.717, 1.165) is 6.42 Å². The first-order chi connectivity index (χ1) is 29.8. The van der Waals surface area contributed by atoms with Crippen molar-refractivity contribution in [2.45, 2.75) is 121 Å². The molecule has 0 bridgehead atoms. The SMILES string of the molecule is CC[C@H](C)[C@H](NC(=O)[C@H](CO)NC(=O)[C@H](C)NC(=O)[C@H](C)NC(=O)CNC(=O)CNC(=O)[C@@H]1CCCN1)C(=O)N[C@@H](CCCCN)C(=O)N[C@@H](CCSC)C(=O)N[C@@H](CO)C(=O)O. The number of nitrogens with one attached hydrogen (secondary N) is 10. The number of carboxylic acids is 1. The number of hydrogen-bond donors (Lipinski definition) is 14. The lowest BCUT2D eigenvalue weighted by molar-refractivity contribution is -0.143. The molecular formula is C38H67N11O13S. The maximum atomic E-state index is 13.8. The summed E-state index contributed by atoms with van der Waals surface area (Å²) in [5, 5.41) is 53.4. The Morgan fingerprint density at radius 2 is 1.21 bits per heavy atom. The van der Waals surface area contributed by atoms with Gasteiger partial charge in [0.15, 0.2) is 0 Å². The van der Waals surface area contributed by atoms with Crippen molar-refractivity contribution >= 4 is 70.9 Å². The number of unbranched alkanes of at least 4 members (excludes halogenated alkanes) is 1. The number of aliphatic hydroxyl groups is 2. The molecule has 63 heavy (non-hydrogen) atoms. The summed E-state index contributed by atoms with van der Waals surface area (Å²) in [4.78, 5) is 128. The van der Waals surface area contributed by atoms with E-state index in [-0.39, 0.29) is 37.9 Å². The van der Waals surface area contributed by atoms with Crippen LogP contribution in [0.3, 0.4) is 0 Å². The predicted octanol–water partition coefficient (Wildman–Crippen LogP) is -5.60. The summed E-state index contributed by atoms with van der Waals surface area (Å²) < 4.78 is 0. The molecule has 1 aliphatic rings. The number of thioether (sulfide) groups is 1. The summed E-state index contributed by atoms with van der Waals surface area (Å²) in [6.07, 6.45) is 4.60. The number of carbonyl (C=O) groups is 10. The maximum Gasteiger partial charge on any atom is 0.328 e. The van der Waals surface area contributed by atoms with Crippen LogP contribution < -0.4 is 58.9 Å². The summed E-state index contributed by atoms with van der Waals surface area (Å²) in [5.41, 5.74) is 5.64. The van der Waals surface area contributed by atoms with Gasteiger partial charge < -0.3 is 74.2 Å². The molecule has 0 aromatic rings. The highest BCUT2D eigenvalue weighted by Crippen LogP contribution is 2.12. The van der Waals surface area contributed by atoms with Crippen molar-refractivity contribution < 1.29 is 63.3 Å². The first-order valence-corrected chi connectivity index (χ1v) is 22.3. The van der Waals surface area contributed by atoms with Crippen molar-refractivity contribution in [2.75, 3.05) is 51.4 Å². The zero-order valence-corrected chi connectivity index (χ0v) is 37.3. The standard InChI is InChI=1S/C38H67N11O13S/c1-6-20(2)30(37(60)46-24(10-7-8-13-39)34(57)45-25(12-15-63-5)35(58)48-27(19-51)38(61)62)49-36(59)26(18-50)47-32(55)22(4)44-31(54)21(3)43-29(53)17-41-28(52)16-42-33(56)23-11-9-14-40-23/h20-27,30,40,50-51H,6-19,39H2,1-5H3,(H,41,52)(H,42,56)(H,43,53)(H,44,54)(H,45,57)(H,46,60)(H,47,55)(H,48,58)(H,49,59)(H,61,62)/t20-,21-,22-,23-,24-,25-,26-,27-,30-/m0/s1. The molecule has 1 aliphatic heterocycles. The molecular weight excluding hydrogens is 851 g/mol. The van der Waals surface area contributed by atoms with Crippen molar-refractivity contribution in [3.05, 3.63) is 0 Å². The first kappa shape index (κ1) is 55.9.